The van der Waals surface area contributed by atoms with Gasteiger partial charge >= 0.3 is 0 Å². The van der Waals surface area contributed by atoms with Crippen LogP contribution < -0.4 is 10.6 Å². The van der Waals surface area contributed by atoms with Crippen LogP contribution in [0, 0.1) is 5.82 Å². The van der Waals surface area contributed by atoms with E-state index in [0.717, 1.165) is 0 Å². The lowest BCUT2D eigenvalue weighted by atomic mass is 10.0. The molecular weight excluding hydrogens is 409 g/mol. The molecule has 1 fully saturated rings. The van der Waals surface area contributed by atoms with Crippen LogP contribution >= 0.6 is 11.6 Å². The van der Waals surface area contributed by atoms with Crippen molar-refractivity contribution in [1.82, 2.24) is 15.5 Å². The van der Waals surface area contributed by atoms with E-state index in [9.17, 15) is 14.0 Å². The molecule has 8 heteroatoms. The second-order valence-electron chi connectivity index (χ2n) is 7.18. The average molecular weight is 434 g/mol. The maximum Gasteiger partial charge on any atom is 0.251 e. The van der Waals surface area contributed by atoms with E-state index in [1.807, 2.05) is 13.0 Å². The first-order valence-electron chi connectivity index (χ1n) is 9.85. The zero-order valence-electron chi connectivity index (χ0n) is 16.7. The Morgan fingerprint density at radius 1 is 1.20 bits per heavy atom. The molecule has 2 amide bonds. The van der Waals surface area contributed by atoms with Crippen LogP contribution in [0.1, 0.15) is 28.9 Å². The van der Waals surface area contributed by atoms with Crippen molar-refractivity contribution in [3.05, 3.63) is 70.5 Å². The fourth-order valence-corrected chi connectivity index (χ4v) is 3.79. The SMILES string of the molecule is CC1CN(C(CNC(=O)CNC(=O)c2ccccc2)c2c(F)cccc2Cl)CCO1. The summed E-state index contributed by atoms with van der Waals surface area (Å²) in [5, 5.41) is 5.69. The first-order valence-corrected chi connectivity index (χ1v) is 10.2. The van der Waals surface area contributed by atoms with E-state index in [4.69, 9.17) is 16.3 Å². The molecule has 6 nitrogen and oxygen atoms in total. The minimum absolute atomic E-state index is 0.00680. The van der Waals surface area contributed by atoms with Crippen LogP contribution in [0.15, 0.2) is 48.5 Å². The number of morpholine rings is 1. The third kappa shape index (κ3) is 5.78. The molecule has 30 heavy (non-hydrogen) atoms. The summed E-state index contributed by atoms with van der Waals surface area (Å²) in [5.41, 5.74) is 0.825. The van der Waals surface area contributed by atoms with Gasteiger partial charge in [-0.05, 0) is 31.2 Å². The van der Waals surface area contributed by atoms with Gasteiger partial charge in [-0.15, -0.1) is 0 Å². The van der Waals surface area contributed by atoms with Gasteiger partial charge in [0, 0.05) is 35.8 Å². The normalized spacial score (nSPS) is 17.9. The third-order valence-corrected chi connectivity index (χ3v) is 5.31. The molecule has 1 aliphatic heterocycles. The van der Waals surface area contributed by atoms with E-state index in [1.165, 1.54) is 6.07 Å². The topological polar surface area (TPSA) is 70.7 Å². The minimum atomic E-state index is -0.446. The molecule has 0 radical (unpaired) electrons. The highest BCUT2D eigenvalue weighted by Crippen LogP contribution is 2.31. The van der Waals surface area contributed by atoms with Gasteiger partial charge in [-0.25, -0.2) is 4.39 Å². The molecule has 0 spiro atoms. The fourth-order valence-electron chi connectivity index (χ4n) is 3.50. The number of amides is 2. The molecular formula is C22H25ClFN3O3. The predicted octanol–water partition coefficient (Wildman–Crippen LogP) is 2.79. The van der Waals surface area contributed by atoms with E-state index in [0.29, 0.717) is 35.8 Å². The highest BCUT2D eigenvalue weighted by atomic mass is 35.5. The number of nitrogens with one attached hydrogen (secondary N) is 2. The van der Waals surface area contributed by atoms with Gasteiger partial charge in [0.2, 0.25) is 5.91 Å². The van der Waals surface area contributed by atoms with Crippen molar-refractivity contribution in [2.24, 2.45) is 0 Å². The molecule has 2 aromatic rings. The highest BCUT2D eigenvalue weighted by molar-refractivity contribution is 6.31. The van der Waals surface area contributed by atoms with Gasteiger partial charge in [0.25, 0.3) is 5.91 Å². The summed E-state index contributed by atoms with van der Waals surface area (Å²) in [6.45, 7) is 3.64. The van der Waals surface area contributed by atoms with Crippen molar-refractivity contribution >= 4 is 23.4 Å². The van der Waals surface area contributed by atoms with Gasteiger partial charge in [0.05, 0.1) is 25.3 Å². The number of carbonyl (C=O) groups is 2. The van der Waals surface area contributed by atoms with Crippen molar-refractivity contribution in [3.63, 3.8) is 0 Å². The van der Waals surface area contributed by atoms with Gasteiger partial charge in [0.15, 0.2) is 0 Å². The van der Waals surface area contributed by atoms with Crippen molar-refractivity contribution in [2.75, 3.05) is 32.8 Å². The van der Waals surface area contributed by atoms with E-state index in [-0.39, 0.29) is 31.0 Å². The number of rotatable bonds is 7. The van der Waals surface area contributed by atoms with Crippen molar-refractivity contribution < 1.29 is 18.7 Å². The predicted molar refractivity (Wildman–Crippen MR) is 113 cm³/mol. The van der Waals surface area contributed by atoms with Crippen LogP contribution in [0.4, 0.5) is 4.39 Å². The summed E-state index contributed by atoms with van der Waals surface area (Å²) >= 11 is 6.30. The Morgan fingerprint density at radius 3 is 2.67 bits per heavy atom. The Labute approximate surface area is 180 Å². The Hall–Kier alpha value is -2.48. The summed E-state index contributed by atoms with van der Waals surface area (Å²) in [4.78, 5) is 26.5. The molecule has 1 saturated heterocycles. The smallest absolute Gasteiger partial charge is 0.251 e. The monoisotopic (exact) mass is 433 g/mol. The Bertz CT molecular complexity index is 861. The maximum atomic E-state index is 14.6. The largest absolute Gasteiger partial charge is 0.376 e. The van der Waals surface area contributed by atoms with Gasteiger partial charge in [-0.3, -0.25) is 14.5 Å². The number of ether oxygens (including phenoxy) is 1. The van der Waals surface area contributed by atoms with E-state index in [1.54, 1.807) is 36.4 Å². The molecule has 2 atom stereocenters. The molecule has 2 unspecified atom stereocenters. The Morgan fingerprint density at radius 2 is 1.97 bits per heavy atom. The van der Waals surface area contributed by atoms with Gasteiger partial charge in [-0.2, -0.15) is 0 Å². The average Bonchev–Trinajstić information content (AvgIpc) is 2.74. The molecule has 0 bridgehead atoms. The van der Waals surface area contributed by atoms with Gasteiger partial charge < -0.3 is 15.4 Å². The summed E-state index contributed by atoms with van der Waals surface area (Å²) in [6, 6.07) is 12.8. The van der Waals surface area contributed by atoms with Crippen LogP contribution in [-0.2, 0) is 9.53 Å². The molecule has 1 heterocycles. The van der Waals surface area contributed by atoms with Crippen molar-refractivity contribution in [3.8, 4) is 0 Å². The van der Waals surface area contributed by atoms with Crippen molar-refractivity contribution in [1.29, 1.82) is 0 Å². The fraction of sp³-hybridized carbons (Fsp3) is 0.364. The van der Waals surface area contributed by atoms with Crippen LogP contribution in [0.5, 0.6) is 0 Å². The first kappa shape index (κ1) is 22.2. The molecule has 0 aliphatic carbocycles. The molecule has 0 saturated carbocycles. The summed E-state index contributed by atoms with van der Waals surface area (Å²) in [7, 11) is 0. The summed E-state index contributed by atoms with van der Waals surface area (Å²) < 4.78 is 20.2. The maximum absolute atomic E-state index is 14.6. The van der Waals surface area contributed by atoms with E-state index in [2.05, 4.69) is 15.5 Å². The minimum Gasteiger partial charge on any atom is -0.376 e. The first-order chi connectivity index (χ1) is 14.5. The highest BCUT2D eigenvalue weighted by Gasteiger charge is 2.29. The summed E-state index contributed by atoms with van der Waals surface area (Å²) in [6.07, 6.45) is -0.00680. The lowest BCUT2D eigenvalue weighted by Gasteiger charge is -2.38. The van der Waals surface area contributed by atoms with Crippen LogP contribution in [0.2, 0.25) is 5.02 Å². The summed E-state index contributed by atoms with van der Waals surface area (Å²) in [5.74, 6) is -1.11. The lowest BCUT2D eigenvalue weighted by molar-refractivity contribution is -0.120. The van der Waals surface area contributed by atoms with E-state index >= 15 is 0 Å². The lowest BCUT2D eigenvalue weighted by Crippen LogP contribution is -2.48. The zero-order valence-corrected chi connectivity index (χ0v) is 17.5. The molecule has 160 valence electrons. The second-order valence-corrected chi connectivity index (χ2v) is 7.59. The standard InChI is InChI=1S/C22H25ClFN3O3/c1-15-14-27(10-11-30-15)19(21-17(23)8-5-9-18(21)24)12-25-20(28)13-26-22(29)16-6-3-2-4-7-16/h2-9,15,19H,10-14H2,1H3,(H,25,28)(H,26,29). The van der Waals surface area contributed by atoms with E-state index < -0.39 is 11.9 Å². The molecule has 3 rings (SSSR count). The molecule has 1 aliphatic rings. The second kappa shape index (κ2) is 10.5. The van der Waals surface area contributed by atoms with Crippen LogP contribution in [0.3, 0.4) is 0 Å². The number of benzene rings is 2. The number of nitrogens with zero attached hydrogens (tertiary/aromatic N) is 1. The number of hydrogen-bond donors (Lipinski definition) is 2. The van der Waals surface area contributed by atoms with Gasteiger partial charge in [-0.1, -0.05) is 35.9 Å². The Balaban J connectivity index is 1.64. The van der Waals surface area contributed by atoms with Crippen LogP contribution in [0.25, 0.3) is 0 Å². The van der Waals surface area contributed by atoms with Crippen molar-refractivity contribution in [2.45, 2.75) is 19.1 Å². The molecule has 2 N–H and O–H groups in total. The molecule has 2 aromatic carbocycles. The van der Waals surface area contributed by atoms with Gasteiger partial charge in [0.1, 0.15) is 5.82 Å². The number of carbonyl (C=O) groups excluding carboxylic acids is 2. The Kier molecular flexibility index (Phi) is 7.79. The van der Waals surface area contributed by atoms with Crippen LogP contribution in [-0.4, -0.2) is 55.6 Å². The zero-order chi connectivity index (χ0) is 21.5. The number of hydrogen-bond acceptors (Lipinski definition) is 4. The molecule has 0 aromatic heterocycles. The quantitative estimate of drug-likeness (QED) is 0.704. The number of halogens is 2. The third-order valence-electron chi connectivity index (χ3n) is 4.98.